The zero-order valence-corrected chi connectivity index (χ0v) is 11.3. The third-order valence-electron chi connectivity index (χ3n) is 2.78. The van der Waals surface area contributed by atoms with Crippen LogP contribution in [0.5, 0.6) is 0 Å². The summed E-state index contributed by atoms with van der Waals surface area (Å²) in [6.45, 7) is 1.70. The van der Waals surface area contributed by atoms with E-state index in [4.69, 9.17) is 11.6 Å². The van der Waals surface area contributed by atoms with E-state index in [0.717, 1.165) is 0 Å². The van der Waals surface area contributed by atoms with Gasteiger partial charge >= 0.3 is 0 Å². The number of non-ortho nitro benzene ring substituents is 1. The quantitative estimate of drug-likeness (QED) is 0.690. The first kappa shape index (κ1) is 14.0. The van der Waals surface area contributed by atoms with Crippen molar-refractivity contribution in [3.8, 4) is 0 Å². The van der Waals surface area contributed by atoms with Gasteiger partial charge in [-0.3, -0.25) is 14.9 Å². The third-order valence-corrected chi connectivity index (χ3v) is 3.03. The van der Waals surface area contributed by atoms with Gasteiger partial charge in [-0.2, -0.15) is 0 Å². The lowest BCUT2D eigenvalue weighted by molar-refractivity contribution is -0.384. The molecule has 1 N–H and O–H groups in total. The zero-order valence-electron chi connectivity index (χ0n) is 10.6. The topological polar surface area (TPSA) is 72.2 Å². The van der Waals surface area contributed by atoms with Crippen LogP contribution in [0.25, 0.3) is 0 Å². The maximum Gasteiger partial charge on any atom is 0.269 e. The van der Waals surface area contributed by atoms with Crippen molar-refractivity contribution in [2.24, 2.45) is 0 Å². The molecule has 0 saturated heterocycles. The minimum absolute atomic E-state index is 0.00741. The Hall–Kier alpha value is -2.40. The first-order valence-electron chi connectivity index (χ1n) is 5.79. The number of rotatable bonds is 3. The molecular weight excluding hydrogens is 280 g/mol. The number of amides is 1. The van der Waals surface area contributed by atoms with E-state index in [-0.39, 0.29) is 11.6 Å². The number of aryl methyl sites for hydroxylation is 1. The van der Waals surface area contributed by atoms with Crippen LogP contribution >= 0.6 is 11.6 Å². The van der Waals surface area contributed by atoms with Gasteiger partial charge < -0.3 is 5.32 Å². The molecule has 1 amide bonds. The predicted octanol–water partition coefficient (Wildman–Crippen LogP) is 3.81. The van der Waals surface area contributed by atoms with Crippen molar-refractivity contribution in [3.63, 3.8) is 0 Å². The summed E-state index contributed by atoms with van der Waals surface area (Å²) in [6.07, 6.45) is 0. The van der Waals surface area contributed by atoms with Crippen molar-refractivity contribution in [2.75, 3.05) is 5.32 Å². The molecule has 0 aliphatic carbocycles. The standard InChI is InChI=1S/C14H11ClN2O3/c1-9-8-12(17(19)20)6-7-13(9)16-14(18)10-2-4-11(15)5-3-10/h2-8H,1H3,(H,16,18). The summed E-state index contributed by atoms with van der Waals surface area (Å²) in [5.74, 6) is -0.293. The van der Waals surface area contributed by atoms with Crippen LogP contribution in [0, 0.1) is 17.0 Å². The van der Waals surface area contributed by atoms with Crippen molar-refractivity contribution >= 4 is 28.9 Å². The third kappa shape index (κ3) is 3.13. The van der Waals surface area contributed by atoms with Gasteiger partial charge in [-0.1, -0.05) is 11.6 Å². The Morgan fingerprint density at radius 3 is 2.40 bits per heavy atom. The number of nitrogens with one attached hydrogen (secondary N) is 1. The molecule has 0 atom stereocenters. The molecule has 0 heterocycles. The van der Waals surface area contributed by atoms with Gasteiger partial charge in [-0.05, 0) is 42.8 Å². The fraction of sp³-hybridized carbons (Fsp3) is 0.0714. The van der Waals surface area contributed by atoms with Crippen LogP contribution in [0.1, 0.15) is 15.9 Å². The second kappa shape index (κ2) is 5.71. The molecule has 0 saturated carbocycles. The lowest BCUT2D eigenvalue weighted by Gasteiger charge is -2.08. The van der Waals surface area contributed by atoms with Gasteiger partial charge in [0.25, 0.3) is 11.6 Å². The molecule has 0 spiro atoms. The molecule has 0 unspecified atom stereocenters. The Kier molecular flexibility index (Phi) is 4.00. The normalized spacial score (nSPS) is 10.1. The van der Waals surface area contributed by atoms with E-state index in [1.165, 1.54) is 18.2 Å². The first-order valence-corrected chi connectivity index (χ1v) is 6.17. The van der Waals surface area contributed by atoms with Crippen molar-refractivity contribution < 1.29 is 9.72 Å². The van der Waals surface area contributed by atoms with Crippen LogP contribution in [-0.4, -0.2) is 10.8 Å². The summed E-state index contributed by atoms with van der Waals surface area (Å²) >= 11 is 5.75. The van der Waals surface area contributed by atoms with Gasteiger partial charge in [0, 0.05) is 28.4 Å². The Labute approximate surface area is 120 Å². The average Bonchev–Trinajstić information content (AvgIpc) is 2.41. The summed E-state index contributed by atoms with van der Waals surface area (Å²) < 4.78 is 0. The molecule has 0 aromatic heterocycles. The van der Waals surface area contributed by atoms with E-state index in [1.54, 1.807) is 31.2 Å². The first-order chi connectivity index (χ1) is 9.47. The highest BCUT2D eigenvalue weighted by molar-refractivity contribution is 6.30. The van der Waals surface area contributed by atoms with Crippen molar-refractivity contribution in [1.82, 2.24) is 0 Å². The maximum absolute atomic E-state index is 12.0. The van der Waals surface area contributed by atoms with E-state index in [1.807, 2.05) is 0 Å². The van der Waals surface area contributed by atoms with E-state index in [0.29, 0.717) is 21.8 Å². The minimum Gasteiger partial charge on any atom is -0.322 e. The molecule has 0 radical (unpaired) electrons. The highest BCUT2D eigenvalue weighted by Gasteiger charge is 2.11. The molecule has 0 aliphatic heterocycles. The van der Waals surface area contributed by atoms with Crippen LogP contribution in [0.4, 0.5) is 11.4 Å². The number of hydrogen-bond acceptors (Lipinski definition) is 3. The molecular formula is C14H11ClN2O3. The van der Waals surface area contributed by atoms with Gasteiger partial charge in [-0.15, -0.1) is 0 Å². The molecule has 2 aromatic rings. The molecule has 5 nitrogen and oxygen atoms in total. The number of anilines is 1. The molecule has 20 heavy (non-hydrogen) atoms. The fourth-order valence-electron chi connectivity index (χ4n) is 1.70. The number of halogens is 1. The van der Waals surface area contributed by atoms with E-state index in [2.05, 4.69) is 5.32 Å². The molecule has 0 aliphatic rings. The Balaban J connectivity index is 2.19. The van der Waals surface area contributed by atoms with Crippen LogP contribution in [0.15, 0.2) is 42.5 Å². The van der Waals surface area contributed by atoms with Gasteiger partial charge in [0.05, 0.1) is 4.92 Å². The number of nitrogens with zero attached hydrogens (tertiary/aromatic N) is 1. The molecule has 102 valence electrons. The highest BCUT2D eigenvalue weighted by Crippen LogP contribution is 2.22. The lowest BCUT2D eigenvalue weighted by Crippen LogP contribution is -2.12. The average molecular weight is 291 g/mol. The van der Waals surface area contributed by atoms with Gasteiger partial charge in [0.15, 0.2) is 0 Å². The number of nitro benzene ring substituents is 1. The van der Waals surface area contributed by atoms with Crippen LogP contribution < -0.4 is 5.32 Å². The largest absolute Gasteiger partial charge is 0.322 e. The number of hydrogen-bond donors (Lipinski definition) is 1. The van der Waals surface area contributed by atoms with Gasteiger partial charge in [0.2, 0.25) is 0 Å². The van der Waals surface area contributed by atoms with Gasteiger partial charge in [-0.25, -0.2) is 0 Å². The predicted molar refractivity (Wildman–Crippen MR) is 77.2 cm³/mol. The summed E-state index contributed by atoms with van der Waals surface area (Å²) in [5, 5.41) is 13.9. The van der Waals surface area contributed by atoms with Crippen LogP contribution in [0.3, 0.4) is 0 Å². The maximum atomic E-state index is 12.0. The molecule has 2 rings (SSSR count). The monoisotopic (exact) mass is 290 g/mol. The summed E-state index contributed by atoms with van der Waals surface area (Å²) in [6, 6.07) is 10.7. The SMILES string of the molecule is Cc1cc([N+](=O)[O-])ccc1NC(=O)c1ccc(Cl)cc1. The number of carbonyl (C=O) groups excluding carboxylic acids is 1. The molecule has 0 fully saturated rings. The summed E-state index contributed by atoms with van der Waals surface area (Å²) in [5.41, 5.74) is 1.62. The number of nitro groups is 1. The molecule has 0 bridgehead atoms. The van der Waals surface area contributed by atoms with Crippen molar-refractivity contribution in [3.05, 3.63) is 68.7 Å². The smallest absolute Gasteiger partial charge is 0.269 e. The van der Waals surface area contributed by atoms with Crippen molar-refractivity contribution in [1.29, 1.82) is 0 Å². The highest BCUT2D eigenvalue weighted by atomic mass is 35.5. The van der Waals surface area contributed by atoms with Crippen LogP contribution in [0.2, 0.25) is 5.02 Å². The number of benzene rings is 2. The Morgan fingerprint density at radius 1 is 1.20 bits per heavy atom. The summed E-state index contributed by atoms with van der Waals surface area (Å²) in [7, 11) is 0. The Morgan fingerprint density at radius 2 is 1.85 bits per heavy atom. The number of carbonyl (C=O) groups is 1. The van der Waals surface area contributed by atoms with Crippen molar-refractivity contribution in [2.45, 2.75) is 6.92 Å². The lowest BCUT2D eigenvalue weighted by atomic mass is 10.1. The van der Waals surface area contributed by atoms with E-state index < -0.39 is 4.92 Å². The molecule has 2 aromatic carbocycles. The Bertz CT molecular complexity index is 669. The van der Waals surface area contributed by atoms with Gasteiger partial charge in [0.1, 0.15) is 0 Å². The summed E-state index contributed by atoms with van der Waals surface area (Å²) in [4.78, 5) is 22.2. The van der Waals surface area contributed by atoms with E-state index in [9.17, 15) is 14.9 Å². The zero-order chi connectivity index (χ0) is 14.7. The second-order valence-electron chi connectivity index (χ2n) is 4.22. The minimum atomic E-state index is -0.474. The second-order valence-corrected chi connectivity index (χ2v) is 4.65. The fourth-order valence-corrected chi connectivity index (χ4v) is 1.82. The van der Waals surface area contributed by atoms with E-state index >= 15 is 0 Å². The molecule has 6 heteroatoms. The van der Waals surface area contributed by atoms with Crippen LogP contribution in [-0.2, 0) is 0 Å².